The predicted octanol–water partition coefficient (Wildman–Crippen LogP) is 2.76. The van der Waals surface area contributed by atoms with E-state index in [9.17, 15) is 9.18 Å². The Morgan fingerprint density at radius 3 is 2.52 bits per heavy atom. The number of hydrogen-bond acceptors (Lipinski definition) is 6. The highest BCUT2D eigenvalue weighted by molar-refractivity contribution is 5.99. The SMILES string of the molecule is CCN1CCN(c2ccc(/C(C)=N\NC(=O)COc3ccc(C#N)cc3)cc2F)CC1. The zero-order valence-electron chi connectivity index (χ0n) is 17.8. The number of likely N-dealkylation sites (N-methyl/N-ethyl adjacent to an activating group) is 1. The molecule has 3 rings (SSSR count). The van der Waals surface area contributed by atoms with E-state index in [2.05, 4.69) is 27.3 Å². The summed E-state index contributed by atoms with van der Waals surface area (Å²) >= 11 is 0. The van der Waals surface area contributed by atoms with Crippen molar-refractivity contribution in [2.75, 3.05) is 44.2 Å². The van der Waals surface area contributed by atoms with Crippen molar-refractivity contribution in [1.82, 2.24) is 10.3 Å². The summed E-state index contributed by atoms with van der Waals surface area (Å²) in [5, 5.41) is 12.8. The number of nitriles is 1. The Balaban J connectivity index is 1.54. The molecule has 1 amide bonds. The molecule has 0 unspecified atom stereocenters. The Labute approximate surface area is 181 Å². The van der Waals surface area contributed by atoms with Gasteiger partial charge in [0.05, 0.1) is 23.0 Å². The van der Waals surface area contributed by atoms with Crippen LogP contribution in [0.5, 0.6) is 5.75 Å². The van der Waals surface area contributed by atoms with Crippen LogP contribution in [0.4, 0.5) is 10.1 Å². The molecule has 1 fully saturated rings. The van der Waals surface area contributed by atoms with E-state index >= 15 is 0 Å². The molecular formula is C23H26FN5O2. The molecule has 1 aliphatic heterocycles. The van der Waals surface area contributed by atoms with Gasteiger partial charge >= 0.3 is 0 Å². The molecule has 0 aliphatic carbocycles. The van der Waals surface area contributed by atoms with Crippen LogP contribution in [-0.2, 0) is 4.79 Å². The molecule has 0 radical (unpaired) electrons. The summed E-state index contributed by atoms with van der Waals surface area (Å²) in [6.07, 6.45) is 0. The van der Waals surface area contributed by atoms with Crippen molar-refractivity contribution in [3.05, 3.63) is 59.4 Å². The lowest BCUT2D eigenvalue weighted by Crippen LogP contribution is -2.46. The Hall–Kier alpha value is -3.44. The van der Waals surface area contributed by atoms with E-state index in [-0.39, 0.29) is 12.4 Å². The van der Waals surface area contributed by atoms with Crippen molar-refractivity contribution in [3.63, 3.8) is 0 Å². The lowest BCUT2D eigenvalue weighted by atomic mass is 10.1. The van der Waals surface area contributed by atoms with E-state index in [1.165, 1.54) is 6.07 Å². The van der Waals surface area contributed by atoms with Gasteiger partial charge in [-0.3, -0.25) is 4.79 Å². The number of nitrogens with zero attached hydrogens (tertiary/aromatic N) is 4. The second-order valence-electron chi connectivity index (χ2n) is 7.24. The van der Waals surface area contributed by atoms with Crippen LogP contribution >= 0.6 is 0 Å². The van der Waals surface area contributed by atoms with Crippen LogP contribution in [0, 0.1) is 17.1 Å². The molecule has 2 aromatic rings. The monoisotopic (exact) mass is 423 g/mol. The second kappa shape index (κ2) is 10.5. The molecule has 0 aromatic heterocycles. The molecular weight excluding hydrogens is 397 g/mol. The number of hydrazone groups is 1. The van der Waals surface area contributed by atoms with Gasteiger partial charge in [0.25, 0.3) is 5.91 Å². The number of carbonyl (C=O) groups excluding carboxylic acids is 1. The summed E-state index contributed by atoms with van der Waals surface area (Å²) in [5.74, 6) is -0.255. The summed E-state index contributed by atoms with van der Waals surface area (Å²) in [6.45, 7) is 8.07. The van der Waals surface area contributed by atoms with Crippen molar-refractivity contribution in [3.8, 4) is 11.8 Å². The quantitative estimate of drug-likeness (QED) is 0.547. The molecule has 1 N–H and O–H groups in total. The van der Waals surface area contributed by atoms with Gasteiger partial charge in [-0.05, 0) is 49.9 Å². The number of piperazine rings is 1. The third-order valence-electron chi connectivity index (χ3n) is 5.23. The average Bonchev–Trinajstić information content (AvgIpc) is 2.81. The Morgan fingerprint density at radius 1 is 1.19 bits per heavy atom. The molecule has 7 nitrogen and oxygen atoms in total. The van der Waals surface area contributed by atoms with Crippen molar-refractivity contribution < 1.29 is 13.9 Å². The summed E-state index contributed by atoms with van der Waals surface area (Å²) in [7, 11) is 0. The standard InChI is InChI=1S/C23H26FN5O2/c1-3-28-10-12-29(13-11-28)22-9-6-19(14-21(22)24)17(2)26-27-23(30)16-31-20-7-4-18(15-25)5-8-20/h4-9,14H,3,10-13,16H2,1-2H3,(H,27,30)/b26-17-. The number of anilines is 1. The Morgan fingerprint density at radius 2 is 1.90 bits per heavy atom. The number of halogens is 1. The highest BCUT2D eigenvalue weighted by Crippen LogP contribution is 2.22. The number of nitrogens with one attached hydrogen (secondary N) is 1. The van der Waals surface area contributed by atoms with E-state index in [1.54, 1.807) is 37.3 Å². The molecule has 0 spiro atoms. The fourth-order valence-corrected chi connectivity index (χ4v) is 3.31. The minimum absolute atomic E-state index is 0.223. The van der Waals surface area contributed by atoms with E-state index in [0.717, 1.165) is 32.7 Å². The van der Waals surface area contributed by atoms with Gasteiger partial charge in [0, 0.05) is 31.7 Å². The van der Waals surface area contributed by atoms with E-state index in [1.807, 2.05) is 12.1 Å². The lowest BCUT2D eigenvalue weighted by Gasteiger charge is -2.35. The number of amides is 1. The molecule has 162 valence electrons. The maximum absolute atomic E-state index is 14.7. The van der Waals surface area contributed by atoms with Gasteiger partial charge in [-0.25, -0.2) is 9.82 Å². The molecule has 31 heavy (non-hydrogen) atoms. The zero-order valence-corrected chi connectivity index (χ0v) is 17.8. The highest BCUT2D eigenvalue weighted by Gasteiger charge is 2.19. The first kappa shape index (κ1) is 22.2. The van der Waals surface area contributed by atoms with Crippen molar-refractivity contribution in [2.45, 2.75) is 13.8 Å². The molecule has 8 heteroatoms. The minimum atomic E-state index is -0.436. The van der Waals surface area contributed by atoms with Gasteiger partial charge in [0.15, 0.2) is 6.61 Å². The predicted molar refractivity (Wildman–Crippen MR) is 118 cm³/mol. The van der Waals surface area contributed by atoms with Crippen LogP contribution in [0.2, 0.25) is 0 Å². The van der Waals surface area contributed by atoms with Crippen LogP contribution in [0.3, 0.4) is 0 Å². The molecule has 0 saturated carbocycles. The second-order valence-corrected chi connectivity index (χ2v) is 7.24. The summed E-state index contributed by atoms with van der Waals surface area (Å²) in [6, 6.07) is 13.5. The fourth-order valence-electron chi connectivity index (χ4n) is 3.31. The number of ether oxygens (including phenoxy) is 1. The van der Waals surface area contributed by atoms with Crippen molar-refractivity contribution >= 4 is 17.3 Å². The van der Waals surface area contributed by atoms with Gasteiger partial charge in [-0.1, -0.05) is 13.0 Å². The topological polar surface area (TPSA) is 81.0 Å². The van der Waals surface area contributed by atoms with Gasteiger partial charge in [0.1, 0.15) is 11.6 Å². The minimum Gasteiger partial charge on any atom is -0.484 e. The van der Waals surface area contributed by atoms with Crippen LogP contribution in [0.25, 0.3) is 0 Å². The number of benzene rings is 2. The van der Waals surface area contributed by atoms with Gasteiger partial charge in [-0.15, -0.1) is 0 Å². The smallest absolute Gasteiger partial charge is 0.277 e. The van der Waals surface area contributed by atoms with Gasteiger partial charge in [0.2, 0.25) is 0 Å². The Bertz CT molecular complexity index is 976. The molecule has 2 aromatic carbocycles. The lowest BCUT2D eigenvalue weighted by molar-refractivity contribution is -0.123. The molecule has 0 bridgehead atoms. The number of hydrogen-bond donors (Lipinski definition) is 1. The maximum Gasteiger partial charge on any atom is 0.277 e. The largest absolute Gasteiger partial charge is 0.484 e. The average molecular weight is 423 g/mol. The summed E-state index contributed by atoms with van der Waals surface area (Å²) in [5.41, 5.74) is 4.61. The van der Waals surface area contributed by atoms with Crippen LogP contribution < -0.4 is 15.1 Å². The van der Waals surface area contributed by atoms with Crippen molar-refractivity contribution in [1.29, 1.82) is 5.26 Å². The van der Waals surface area contributed by atoms with Crippen LogP contribution in [0.15, 0.2) is 47.6 Å². The van der Waals surface area contributed by atoms with Crippen LogP contribution in [0.1, 0.15) is 25.0 Å². The normalized spacial score (nSPS) is 14.8. The molecule has 1 heterocycles. The summed E-state index contributed by atoms with van der Waals surface area (Å²) in [4.78, 5) is 16.4. The number of carbonyl (C=O) groups is 1. The van der Waals surface area contributed by atoms with E-state index < -0.39 is 5.91 Å². The van der Waals surface area contributed by atoms with E-state index in [4.69, 9.17) is 10.00 Å². The highest BCUT2D eigenvalue weighted by atomic mass is 19.1. The first-order valence-corrected chi connectivity index (χ1v) is 10.2. The molecule has 1 saturated heterocycles. The van der Waals surface area contributed by atoms with Crippen LogP contribution in [-0.4, -0.2) is 55.8 Å². The van der Waals surface area contributed by atoms with Gasteiger partial charge < -0.3 is 14.5 Å². The Kier molecular flexibility index (Phi) is 7.57. The first-order valence-electron chi connectivity index (χ1n) is 10.2. The zero-order chi connectivity index (χ0) is 22.2. The first-order chi connectivity index (χ1) is 15.0. The summed E-state index contributed by atoms with van der Waals surface area (Å²) < 4.78 is 20.1. The van der Waals surface area contributed by atoms with E-state index in [0.29, 0.717) is 28.3 Å². The van der Waals surface area contributed by atoms with Crippen molar-refractivity contribution in [2.24, 2.45) is 5.10 Å². The number of rotatable bonds is 7. The molecule has 0 atom stereocenters. The third-order valence-corrected chi connectivity index (χ3v) is 5.23. The van der Waals surface area contributed by atoms with Gasteiger partial charge in [-0.2, -0.15) is 10.4 Å². The third kappa shape index (κ3) is 6.03. The molecule has 1 aliphatic rings. The fraction of sp³-hybridized carbons (Fsp3) is 0.348. The maximum atomic E-state index is 14.7.